The molecule has 0 bridgehead atoms. The molecule has 0 saturated carbocycles. The molecule has 78 valence electrons. The molecule has 1 aromatic rings. The highest BCUT2D eigenvalue weighted by atomic mass is 32.1. The van der Waals surface area contributed by atoms with E-state index in [9.17, 15) is 4.79 Å². The van der Waals surface area contributed by atoms with Gasteiger partial charge < -0.3 is 10.6 Å². The number of carbonyl (C=O) groups is 1. The third-order valence-electron chi connectivity index (χ3n) is 1.88. The summed E-state index contributed by atoms with van der Waals surface area (Å²) in [5.41, 5.74) is 0. The standard InChI is InChI=1S/C10H16N2OS/c1-3-11-7-10(13)12-8(2)9-5-4-6-14-9/h4-6,8,11H,3,7H2,1-2H3,(H,12,13)/t8-/m1/s1. The molecule has 0 aliphatic rings. The Morgan fingerprint density at radius 2 is 2.43 bits per heavy atom. The number of likely N-dealkylation sites (N-methyl/N-ethyl adjacent to an activating group) is 1. The van der Waals surface area contributed by atoms with E-state index in [-0.39, 0.29) is 11.9 Å². The molecule has 14 heavy (non-hydrogen) atoms. The molecule has 3 nitrogen and oxygen atoms in total. The van der Waals surface area contributed by atoms with Gasteiger partial charge in [0.1, 0.15) is 0 Å². The Hall–Kier alpha value is -0.870. The maximum atomic E-state index is 11.3. The number of nitrogens with one attached hydrogen (secondary N) is 2. The van der Waals surface area contributed by atoms with E-state index in [1.54, 1.807) is 11.3 Å². The number of hydrogen-bond acceptors (Lipinski definition) is 3. The molecule has 4 heteroatoms. The molecule has 0 aromatic carbocycles. The molecule has 1 amide bonds. The van der Waals surface area contributed by atoms with Gasteiger partial charge in [-0.3, -0.25) is 4.79 Å². The summed E-state index contributed by atoms with van der Waals surface area (Å²) in [7, 11) is 0. The second-order valence-electron chi connectivity index (χ2n) is 3.08. The lowest BCUT2D eigenvalue weighted by Crippen LogP contribution is -2.35. The minimum atomic E-state index is 0.0488. The summed E-state index contributed by atoms with van der Waals surface area (Å²) in [5.74, 6) is 0.0488. The van der Waals surface area contributed by atoms with Crippen molar-refractivity contribution in [1.29, 1.82) is 0 Å². The van der Waals surface area contributed by atoms with Crippen molar-refractivity contribution in [2.45, 2.75) is 19.9 Å². The molecule has 0 spiro atoms. The first-order valence-corrected chi connectivity index (χ1v) is 5.65. The summed E-state index contributed by atoms with van der Waals surface area (Å²) in [6.45, 7) is 5.19. The first-order valence-electron chi connectivity index (χ1n) is 4.77. The molecule has 0 saturated heterocycles. The fourth-order valence-electron chi connectivity index (χ4n) is 1.14. The minimum absolute atomic E-state index is 0.0488. The van der Waals surface area contributed by atoms with E-state index < -0.39 is 0 Å². The van der Waals surface area contributed by atoms with Crippen LogP contribution in [0.25, 0.3) is 0 Å². The first kappa shape index (κ1) is 11.2. The van der Waals surface area contributed by atoms with E-state index >= 15 is 0 Å². The van der Waals surface area contributed by atoms with Gasteiger partial charge >= 0.3 is 0 Å². The van der Waals surface area contributed by atoms with Crippen LogP contribution in [0.3, 0.4) is 0 Å². The van der Waals surface area contributed by atoms with Gasteiger partial charge in [0.25, 0.3) is 0 Å². The summed E-state index contributed by atoms with van der Waals surface area (Å²) >= 11 is 1.66. The van der Waals surface area contributed by atoms with Gasteiger partial charge in [-0.25, -0.2) is 0 Å². The van der Waals surface area contributed by atoms with Crippen LogP contribution in [0.1, 0.15) is 24.8 Å². The Labute approximate surface area is 88.5 Å². The molecule has 0 aliphatic carbocycles. The Morgan fingerprint density at radius 3 is 3.00 bits per heavy atom. The third kappa shape index (κ3) is 3.47. The maximum Gasteiger partial charge on any atom is 0.234 e. The zero-order valence-corrected chi connectivity index (χ0v) is 9.36. The van der Waals surface area contributed by atoms with E-state index in [1.807, 2.05) is 31.4 Å². The molecule has 1 atom stereocenters. The Balaban J connectivity index is 2.33. The van der Waals surface area contributed by atoms with Gasteiger partial charge in [-0.05, 0) is 24.9 Å². The van der Waals surface area contributed by atoms with Crippen molar-refractivity contribution in [2.75, 3.05) is 13.1 Å². The average molecular weight is 212 g/mol. The number of rotatable bonds is 5. The van der Waals surface area contributed by atoms with E-state index in [0.29, 0.717) is 6.54 Å². The second-order valence-corrected chi connectivity index (χ2v) is 4.06. The highest BCUT2D eigenvalue weighted by Crippen LogP contribution is 2.17. The van der Waals surface area contributed by atoms with E-state index in [4.69, 9.17) is 0 Å². The van der Waals surface area contributed by atoms with Crippen molar-refractivity contribution in [1.82, 2.24) is 10.6 Å². The molecular formula is C10H16N2OS. The van der Waals surface area contributed by atoms with Gasteiger partial charge in [-0.2, -0.15) is 0 Å². The van der Waals surface area contributed by atoms with Crippen molar-refractivity contribution in [2.24, 2.45) is 0 Å². The molecule has 0 radical (unpaired) electrons. The van der Waals surface area contributed by atoms with Gasteiger partial charge in [-0.15, -0.1) is 11.3 Å². The topological polar surface area (TPSA) is 41.1 Å². The van der Waals surface area contributed by atoms with Crippen LogP contribution in [0.4, 0.5) is 0 Å². The second kappa shape index (κ2) is 5.78. The fraction of sp³-hybridized carbons (Fsp3) is 0.500. The van der Waals surface area contributed by atoms with Crippen molar-refractivity contribution < 1.29 is 4.79 Å². The first-order chi connectivity index (χ1) is 6.74. The predicted molar refractivity (Wildman–Crippen MR) is 59.4 cm³/mol. The van der Waals surface area contributed by atoms with Crippen LogP contribution in [-0.4, -0.2) is 19.0 Å². The van der Waals surface area contributed by atoms with Crippen molar-refractivity contribution in [3.8, 4) is 0 Å². The van der Waals surface area contributed by atoms with Crippen LogP contribution in [0.5, 0.6) is 0 Å². The minimum Gasteiger partial charge on any atom is -0.348 e. The van der Waals surface area contributed by atoms with E-state index in [2.05, 4.69) is 10.6 Å². The third-order valence-corrected chi connectivity index (χ3v) is 2.94. The number of hydrogen-bond donors (Lipinski definition) is 2. The molecular weight excluding hydrogens is 196 g/mol. The highest BCUT2D eigenvalue weighted by molar-refractivity contribution is 7.10. The summed E-state index contributed by atoms with van der Waals surface area (Å²) in [6, 6.07) is 4.14. The van der Waals surface area contributed by atoms with Crippen LogP contribution < -0.4 is 10.6 Å². The molecule has 1 rings (SSSR count). The Bertz CT molecular complexity index is 272. The highest BCUT2D eigenvalue weighted by Gasteiger charge is 2.08. The van der Waals surface area contributed by atoms with Crippen molar-refractivity contribution >= 4 is 17.2 Å². The number of amides is 1. The van der Waals surface area contributed by atoms with Gasteiger partial charge in [0, 0.05) is 4.88 Å². The summed E-state index contributed by atoms with van der Waals surface area (Å²) in [5, 5.41) is 7.93. The smallest absolute Gasteiger partial charge is 0.234 e. The fourth-order valence-corrected chi connectivity index (χ4v) is 1.87. The SMILES string of the molecule is CCNCC(=O)N[C@H](C)c1cccs1. The largest absolute Gasteiger partial charge is 0.348 e. The molecule has 0 fully saturated rings. The lowest BCUT2D eigenvalue weighted by molar-refractivity contribution is -0.120. The molecule has 1 heterocycles. The van der Waals surface area contributed by atoms with Crippen molar-refractivity contribution in [3.05, 3.63) is 22.4 Å². The zero-order valence-electron chi connectivity index (χ0n) is 8.54. The number of carbonyl (C=O) groups excluding carboxylic acids is 1. The van der Waals surface area contributed by atoms with Crippen LogP contribution in [-0.2, 0) is 4.79 Å². The van der Waals surface area contributed by atoms with Crippen molar-refractivity contribution in [3.63, 3.8) is 0 Å². The van der Waals surface area contributed by atoms with Gasteiger partial charge in [-0.1, -0.05) is 13.0 Å². The van der Waals surface area contributed by atoms with Crippen LogP contribution in [0, 0.1) is 0 Å². The van der Waals surface area contributed by atoms with Crippen LogP contribution >= 0.6 is 11.3 Å². The summed E-state index contributed by atoms with van der Waals surface area (Å²) in [4.78, 5) is 12.5. The van der Waals surface area contributed by atoms with Gasteiger partial charge in [0.05, 0.1) is 12.6 Å². The average Bonchev–Trinajstić information content (AvgIpc) is 2.67. The van der Waals surface area contributed by atoms with E-state index in [0.717, 1.165) is 6.54 Å². The summed E-state index contributed by atoms with van der Waals surface area (Å²) in [6.07, 6.45) is 0. The van der Waals surface area contributed by atoms with E-state index in [1.165, 1.54) is 4.88 Å². The zero-order chi connectivity index (χ0) is 10.4. The molecule has 0 unspecified atom stereocenters. The van der Waals surface area contributed by atoms with Crippen LogP contribution in [0.15, 0.2) is 17.5 Å². The Kier molecular flexibility index (Phi) is 4.62. The lowest BCUT2D eigenvalue weighted by atomic mass is 10.3. The summed E-state index contributed by atoms with van der Waals surface area (Å²) < 4.78 is 0. The van der Waals surface area contributed by atoms with Crippen LogP contribution in [0.2, 0.25) is 0 Å². The number of thiophene rings is 1. The monoisotopic (exact) mass is 212 g/mol. The normalized spacial score (nSPS) is 12.4. The predicted octanol–water partition coefficient (Wildman–Crippen LogP) is 1.53. The van der Waals surface area contributed by atoms with Gasteiger partial charge in [0.15, 0.2) is 0 Å². The maximum absolute atomic E-state index is 11.3. The Morgan fingerprint density at radius 1 is 1.64 bits per heavy atom. The molecule has 1 aromatic heterocycles. The lowest BCUT2D eigenvalue weighted by Gasteiger charge is -2.11. The molecule has 0 aliphatic heterocycles. The molecule has 2 N–H and O–H groups in total. The van der Waals surface area contributed by atoms with Gasteiger partial charge in [0.2, 0.25) is 5.91 Å². The quantitative estimate of drug-likeness (QED) is 0.777.